The average Bonchev–Trinajstić information content (AvgIpc) is 2.93. The molecule has 2 heterocycles. The van der Waals surface area contributed by atoms with E-state index in [2.05, 4.69) is 60.1 Å². The number of aromatic nitrogens is 1. The van der Waals surface area contributed by atoms with Crippen LogP contribution in [-0.4, -0.2) is 37.4 Å². The molecule has 142 valence electrons. The summed E-state index contributed by atoms with van der Waals surface area (Å²) in [5, 5.41) is 2.57. The van der Waals surface area contributed by atoms with E-state index >= 15 is 0 Å². The lowest BCUT2D eigenvalue weighted by molar-refractivity contribution is -0.926. The highest BCUT2D eigenvalue weighted by atomic mass is 16.5. The number of rotatable bonds is 8. The van der Waals surface area contributed by atoms with Gasteiger partial charge in [-0.25, -0.2) is 0 Å². The van der Waals surface area contributed by atoms with E-state index in [0.29, 0.717) is 0 Å². The van der Waals surface area contributed by atoms with Crippen molar-refractivity contribution in [2.75, 3.05) is 26.8 Å². The lowest BCUT2D eigenvalue weighted by Crippen LogP contribution is -3.13. The van der Waals surface area contributed by atoms with E-state index in [0.717, 1.165) is 25.7 Å². The van der Waals surface area contributed by atoms with E-state index in [4.69, 9.17) is 4.74 Å². The lowest BCUT2D eigenvalue weighted by atomic mass is 10.0. The number of hydrogen-bond acceptors (Lipinski definition) is 1. The second-order valence-electron chi connectivity index (χ2n) is 7.73. The Morgan fingerprint density at radius 2 is 1.88 bits per heavy atom. The maximum Gasteiger partial charge on any atom is 0.103 e. The fourth-order valence-electron chi connectivity index (χ4n) is 4.24. The molecule has 1 saturated heterocycles. The van der Waals surface area contributed by atoms with Crippen LogP contribution in [0.2, 0.25) is 0 Å². The Morgan fingerprint density at radius 3 is 2.58 bits per heavy atom. The molecular weight excluding hydrogens is 322 g/mol. The summed E-state index contributed by atoms with van der Waals surface area (Å²) in [6, 6.07) is 14.0. The highest BCUT2D eigenvalue weighted by Crippen LogP contribution is 2.14. The van der Waals surface area contributed by atoms with Crippen molar-refractivity contribution in [2.24, 2.45) is 0 Å². The minimum Gasteiger partial charge on any atom is -0.383 e. The quantitative estimate of drug-likeness (QED) is 0.728. The van der Waals surface area contributed by atoms with Gasteiger partial charge >= 0.3 is 0 Å². The fraction of sp³-hybridized carbons (Fsp3) is 0.545. The third-order valence-electron chi connectivity index (χ3n) is 5.90. The van der Waals surface area contributed by atoms with Crippen molar-refractivity contribution in [3.8, 4) is 0 Å². The second-order valence-corrected chi connectivity index (χ2v) is 7.73. The van der Waals surface area contributed by atoms with Crippen molar-refractivity contribution in [1.29, 1.82) is 0 Å². The van der Waals surface area contributed by atoms with Crippen molar-refractivity contribution >= 4 is 0 Å². The first-order valence-corrected chi connectivity index (χ1v) is 10.0. The number of nitrogens with two attached hydrogens (primary N) is 1. The summed E-state index contributed by atoms with van der Waals surface area (Å²) in [4.78, 5) is 1.73. The predicted molar refractivity (Wildman–Crippen MR) is 105 cm³/mol. The van der Waals surface area contributed by atoms with Gasteiger partial charge in [-0.2, -0.15) is 0 Å². The molecule has 3 rings (SSSR count). The van der Waals surface area contributed by atoms with Gasteiger partial charge < -0.3 is 19.5 Å². The number of piperidine rings is 1. The first kappa shape index (κ1) is 19.2. The minimum atomic E-state index is 0.775. The van der Waals surface area contributed by atoms with Gasteiger partial charge in [0.2, 0.25) is 0 Å². The largest absolute Gasteiger partial charge is 0.383 e. The summed E-state index contributed by atoms with van der Waals surface area (Å²) in [6.07, 6.45) is 2.65. The molecule has 1 aliphatic heterocycles. The van der Waals surface area contributed by atoms with Crippen molar-refractivity contribution in [3.05, 3.63) is 58.9 Å². The fourth-order valence-corrected chi connectivity index (χ4v) is 4.24. The van der Waals surface area contributed by atoms with Gasteiger partial charge in [-0.05, 0) is 19.9 Å². The first-order valence-electron chi connectivity index (χ1n) is 10.0. The van der Waals surface area contributed by atoms with E-state index in [9.17, 15) is 0 Å². The zero-order valence-electron chi connectivity index (χ0n) is 16.6. The van der Waals surface area contributed by atoms with Gasteiger partial charge in [0, 0.05) is 49.0 Å². The molecule has 0 amide bonds. The number of hydrogen-bond donors (Lipinski definition) is 2. The first-order chi connectivity index (χ1) is 12.7. The van der Waals surface area contributed by atoms with Crippen molar-refractivity contribution < 1.29 is 15.0 Å². The average molecular weight is 358 g/mol. The van der Waals surface area contributed by atoms with Crippen LogP contribution in [0.3, 0.4) is 0 Å². The van der Waals surface area contributed by atoms with Gasteiger partial charge in [-0.3, -0.25) is 0 Å². The zero-order valence-corrected chi connectivity index (χ0v) is 16.6. The highest BCUT2D eigenvalue weighted by molar-refractivity contribution is 5.25. The second kappa shape index (κ2) is 9.36. The van der Waals surface area contributed by atoms with Gasteiger partial charge in [-0.1, -0.05) is 30.3 Å². The summed E-state index contributed by atoms with van der Waals surface area (Å²) in [7, 11) is 1.77. The Hall–Kier alpha value is -1.62. The Morgan fingerprint density at radius 1 is 1.15 bits per heavy atom. The lowest BCUT2D eigenvalue weighted by Gasteiger charge is -2.28. The zero-order chi connectivity index (χ0) is 18.4. The number of aryl methyl sites for hydroxylation is 1. The maximum absolute atomic E-state index is 5.24. The number of ether oxygens (including phenoxy) is 1. The minimum absolute atomic E-state index is 0.775. The molecule has 1 fully saturated rings. The molecule has 0 aliphatic carbocycles. The molecule has 4 nitrogen and oxygen atoms in total. The Balaban J connectivity index is 1.45. The van der Waals surface area contributed by atoms with Crippen LogP contribution in [0.4, 0.5) is 0 Å². The molecule has 1 aromatic carbocycles. The Kier molecular flexibility index (Phi) is 6.89. The Labute approximate surface area is 158 Å². The predicted octanol–water partition coefficient (Wildman–Crippen LogP) is 1.06. The monoisotopic (exact) mass is 357 g/mol. The summed E-state index contributed by atoms with van der Waals surface area (Å²) in [6.45, 7) is 11.1. The molecule has 4 heteroatoms. The molecule has 0 saturated carbocycles. The van der Waals surface area contributed by atoms with Crippen molar-refractivity contribution in [1.82, 2.24) is 4.57 Å². The third-order valence-corrected chi connectivity index (χ3v) is 5.90. The number of nitrogens with zero attached hydrogens (tertiary/aromatic N) is 1. The number of quaternary nitrogens is 2. The van der Waals surface area contributed by atoms with Crippen LogP contribution in [0.5, 0.6) is 0 Å². The van der Waals surface area contributed by atoms with E-state index in [1.54, 1.807) is 12.0 Å². The molecule has 26 heavy (non-hydrogen) atoms. The summed E-state index contributed by atoms with van der Waals surface area (Å²) in [5.41, 5.74) is 5.71. The molecule has 0 spiro atoms. The standard InChI is InChI=1S/C22H33N3O/c1-18-15-21(19(2)25(18)13-14-26-3)16-23-22-9-11-24(12-10-22)17-20-7-5-4-6-8-20/h4-8,15,22-23H,9-14,16-17H2,1-3H3/p+2. The SMILES string of the molecule is COCCn1c(C)cc(C[NH2+]C2CC[NH+](Cc3ccccc3)CC2)c1C. The van der Waals surface area contributed by atoms with Crippen molar-refractivity contribution in [3.63, 3.8) is 0 Å². The molecule has 3 N–H and O–H groups in total. The number of benzene rings is 1. The molecule has 0 unspecified atom stereocenters. The van der Waals surface area contributed by atoms with E-state index in [-0.39, 0.29) is 0 Å². The number of likely N-dealkylation sites (tertiary alicyclic amines) is 1. The third kappa shape index (κ3) is 4.97. The van der Waals surface area contributed by atoms with Crippen LogP contribution < -0.4 is 10.2 Å². The van der Waals surface area contributed by atoms with Gasteiger partial charge in [0.1, 0.15) is 13.1 Å². The van der Waals surface area contributed by atoms with Gasteiger partial charge in [-0.15, -0.1) is 0 Å². The topological polar surface area (TPSA) is 35.2 Å². The van der Waals surface area contributed by atoms with E-state index in [1.165, 1.54) is 55.0 Å². The molecule has 1 aromatic heterocycles. The smallest absolute Gasteiger partial charge is 0.103 e. The van der Waals surface area contributed by atoms with Crippen LogP contribution >= 0.6 is 0 Å². The van der Waals surface area contributed by atoms with Crippen molar-refractivity contribution in [2.45, 2.75) is 52.4 Å². The molecule has 2 aromatic rings. The van der Waals surface area contributed by atoms with Crippen LogP contribution in [0, 0.1) is 13.8 Å². The maximum atomic E-state index is 5.24. The van der Waals surface area contributed by atoms with Gasteiger partial charge in [0.25, 0.3) is 0 Å². The summed E-state index contributed by atoms with van der Waals surface area (Å²) in [5.74, 6) is 0. The van der Waals surface area contributed by atoms with Crippen LogP contribution in [0.25, 0.3) is 0 Å². The van der Waals surface area contributed by atoms with Crippen LogP contribution in [-0.2, 0) is 24.4 Å². The highest BCUT2D eigenvalue weighted by Gasteiger charge is 2.24. The summed E-state index contributed by atoms with van der Waals surface area (Å²) >= 11 is 0. The number of methoxy groups -OCH3 is 1. The van der Waals surface area contributed by atoms with E-state index in [1.807, 2.05) is 0 Å². The van der Waals surface area contributed by atoms with Crippen LogP contribution in [0.15, 0.2) is 36.4 Å². The number of nitrogens with one attached hydrogen (secondary N) is 1. The normalized spacial score (nSPS) is 20.4. The van der Waals surface area contributed by atoms with E-state index < -0.39 is 0 Å². The molecule has 0 radical (unpaired) electrons. The molecule has 0 bridgehead atoms. The molecule has 1 aliphatic rings. The molecule has 0 atom stereocenters. The molecular formula is C22H35N3O+2. The van der Waals surface area contributed by atoms with Gasteiger partial charge in [0.15, 0.2) is 0 Å². The Bertz CT molecular complexity index is 672. The van der Waals surface area contributed by atoms with Gasteiger partial charge in [0.05, 0.1) is 25.7 Å². The van der Waals surface area contributed by atoms with Crippen LogP contribution in [0.1, 0.15) is 35.4 Å². The summed E-state index contributed by atoms with van der Waals surface area (Å²) < 4.78 is 7.63.